The number of carbonyl (C=O) groups excluding carboxylic acids is 3. The molecule has 0 spiro atoms. The molecule has 7 nitrogen and oxygen atoms in total. The van der Waals surface area contributed by atoms with Gasteiger partial charge in [-0.1, -0.05) is 24.3 Å². The van der Waals surface area contributed by atoms with E-state index in [9.17, 15) is 14.4 Å². The summed E-state index contributed by atoms with van der Waals surface area (Å²) in [5.74, 6) is -1.02. The minimum Gasteiger partial charge on any atom is -0.326 e. The minimum atomic E-state index is -0.439. The van der Waals surface area contributed by atoms with Crippen LogP contribution in [0.4, 0.5) is 17.1 Å². The van der Waals surface area contributed by atoms with E-state index in [4.69, 9.17) is 0 Å². The predicted octanol–water partition coefficient (Wildman–Crippen LogP) is 3.33. The molecule has 1 atom stereocenters. The van der Waals surface area contributed by atoms with Gasteiger partial charge < -0.3 is 15.5 Å². The van der Waals surface area contributed by atoms with Crippen LogP contribution in [0, 0.1) is 5.92 Å². The summed E-state index contributed by atoms with van der Waals surface area (Å²) in [6, 6.07) is 19.6. The highest BCUT2D eigenvalue weighted by Gasteiger charge is 2.35. The first-order valence-corrected chi connectivity index (χ1v) is 9.58. The first kappa shape index (κ1) is 19.3. The molecule has 1 aromatic heterocycles. The van der Waals surface area contributed by atoms with Crippen molar-refractivity contribution in [3.05, 3.63) is 84.7 Å². The molecule has 0 saturated carbocycles. The number of hydrogen-bond donors (Lipinski definition) is 2. The number of para-hydroxylation sites is 1. The molecule has 2 N–H and O–H groups in total. The molecule has 4 rings (SSSR count). The van der Waals surface area contributed by atoms with Crippen molar-refractivity contribution in [2.75, 3.05) is 22.1 Å². The second-order valence-electron chi connectivity index (χ2n) is 7.01. The van der Waals surface area contributed by atoms with Gasteiger partial charge in [-0.15, -0.1) is 0 Å². The van der Waals surface area contributed by atoms with Gasteiger partial charge in [0.05, 0.1) is 11.5 Å². The van der Waals surface area contributed by atoms with Gasteiger partial charge in [0.15, 0.2) is 0 Å². The topological polar surface area (TPSA) is 91.4 Å². The van der Waals surface area contributed by atoms with E-state index in [1.165, 1.54) is 6.20 Å². The molecule has 150 valence electrons. The van der Waals surface area contributed by atoms with Crippen molar-refractivity contribution in [1.29, 1.82) is 0 Å². The molecule has 0 radical (unpaired) electrons. The monoisotopic (exact) mass is 400 g/mol. The molecule has 7 heteroatoms. The summed E-state index contributed by atoms with van der Waals surface area (Å²) >= 11 is 0. The Labute approximate surface area is 173 Å². The third kappa shape index (κ3) is 4.35. The number of amides is 3. The SMILES string of the molecule is O=C(Nc1cccc(NC(=O)C2CC(=O)N(c3ccccc3)C2)c1)c1cccnc1. The minimum absolute atomic E-state index is 0.0705. The Hall–Kier alpha value is -4.00. The highest BCUT2D eigenvalue weighted by Crippen LogP contribution is 2.26. The number of nitrogens with zero attached hydrogens (tertiary/aromatic N) is 2. The number of anilines is 3. The van der Waals surface area contributed by atoms with Gasteiger partial charge in [-0.25, -0.2) is 0 Å². The lowest BCUT2D eigenvalue weighted by atomic mass is 10.1. The van der Waals surface area contributed by atoms with E-state index >= 15 is 0 Å². The average Bonchev–Trinajstić information content (AvgIpc) is 3.17. The number of carbonyl (C=O) groups is 3. The van der Waals surface area contributed by atoms with Crippen LogP contribution in [0.15, 0.2) is 79.1 Å². The van der Waals surface area contributed by atoms with Crippen LogP contribution in [0.3, 0.4) is 0 Å². The maximum Gasteiger partial charge on any atom is 0.257 e. The number of aromatic nitrogens is 1. The molecule has 30 heavy (non-hydrogen) atoms. The first-order chi connectivity index (χ1) is 14.6. The van der Waals surface area contributed by atoms with Crippen molar-refractivity contribution >= 4 is 34.8 Å². The standard InChI is InChI=1S/C23H20N4O3/c28-21-12-17(15-27(21)20-9-2-1-3-10-20)23(30)26-19-8-4-7-18(13-19)25-22(29)16-6-5-11-24-14-16/h1-11,13-14,17H,12,15H2,(H,25,29)(H,26,30). The van der Waals surface area contributed by atoms with E-state index in [0.717, 1.165) is 5.69 Å². The molecular formula is C23H20N4O3. The number of rotatable bonds is 5. The van der Waals surface area contributed by atoms with Crippen molar-refractivity contribution in [3.8, 4) is 0 Å². The zero-order chi connectivity index (χ0) is 20.9. The molecule has 1 unspecified atom stereocenters. The molecule has 3 amide bonds. The molecular weight excluding hydrogens is 380 g/mol. The van der Waals surface area contributed by atoms with Crippen molar-refractivity contribution in [1.82, 2.24) is 4.98 Å². The average molecular weight is 400 g/mol. The number of pyridine rings is 1. The summed E-state index contributed by atoms with van der Waals surface area (Å²) in [5.41, 5.74) is 2.33. The van der Waals surface area contributed by atoms with E-state index in [1.54, 1.807) is 47.5 Å². The number of nitrogens with one attached hydrogen (secondary N) is 2. The largest absolute Gasteiger partial charge is 0.326 e. The highest BCUT2D eigenvalue weighted by molar-refractivity contribution is 6.05. The maximum atomic E-state index is 12.7. The molecule has 3 aromatic rings. The summed E-state index contributed by atoms with van der Waals surface area (Å²) in [7, 11) is 0. The Morgan fingerprint density at radius 3 is 2.43 bits per heavy atom. The Morgan fingerprint density at radius 2 is 1.70 bits per heavy atom. The second-order valence-corrected chi connectivity index (χ2v) is 7.01. The van der Waals surface area contributed by atoms with Crippen LogP contribution in [0.1, 0.15) is 16.8 Å². The summed E-state index contributed by atoms with van der Waals surface area (Å²) in [4.78, 5) is 42.9. The quantitative estimate of drug-likeness (QED) is 0.687. The van der Waals surface area contributed by atoms with E-state index in [2.05, 4.69) is 15.6 Å². The molecule has 0 bridgehead atoms. The van der Waals surface area contributed by atoms with Gasteiger partial charge in [-0.2, -0.15) is 0 Å². The molecule has 0 aliphatic carbocycles. The molecule has 1 aliphatic rings. The Kier molecular flexibility index (Phi) is 5.52. The fraction of sp³-hybridized carbons (Fsp3) is 0.130. The second kappa shape index (κ2) is 8.57. The smallest absolute Gasteiger partial charge is 0.257 e. The van der Waals surface area contributed by atoms with E-state index in [1.807, 2.05) is 30.3 Å². The third-order valence-electron chi connectivity index (χ3n) is 4.88. The third-order valence-corrected chi connectivity index (χ3v) is 4.88. The van der Waals surface area contributed by atoms with Crippen LogP contribution in [0.5, 0.6) is 0 Å². The summed E-state index contributed by atoms with van der Waals surface area (Å²) in [5, 5.41) is 5.63. The van der Waals surface area contributed by atoms with Crippen LogP contribution >= 0.6 is 0 Å². The molecule has 1 aliphatic heterocycles. The van der Waals surface area contributed by atoms with Gasteiger partial charge in [-0.3, -0.25) is 19.4 Å². The summed E-state index contributed by atoms with van der Waals surface area (Å²) < 4.78 is 0. The van der Waals surface area contributed by atoms with Gasteiger partial charge >= 0.3 is 0 Å². The predicted molar refractivity (Wildman–Crippen MR) is 114 cm³/mol. The van der Waals surface area contributed by atoms with Crippen LogP contribution in [0.25, 0.3) is 0 Å². The van der Waals surface area contributed by atoms with Gasteiger partial charge in [0.25, 0.3) is 5.91 Å². The van der Waals surface area contributed by atoms with Crippen LogP contribution < -0.4 is 15.5 Å². The van der Waals surface area contributed by atoms with E-state index in [0.29, 0.717) is 23.5 Å². The Morgan fingerprint density at radius 1 is 0.933 bits per heavy atom. The lowest BCUT2D eigenvalue weighted by Gasteiger charge is -2.16. The fourth-order valence-electron chi connectivity index (χ4n) is 3.36. The molecule has 2 heterocycles. The first-order valence-electron chi connectivity index (χ1n) is 9.58. The van der Waals surface area contributed by atoms with Crippen molar-refractivity contribution in [2.45, 2.75) is 6.42 Å². The van der Waals surface area contributed by atoms with E-state index < -0.39 is 5.92 Å². The maximum absolute atomic E-state index is 12.7. The van der Waals surface area contributed by atoms with Crippen LogP contribution in [0.2, 0.25) is 0 Å². The van der Waals surface area contributed by atoms with Gasteiger partial charge in [-0.05, 0) is 42.5 Å². The Balaban J connectivity index is 1.40. The highest BCUT2D eigenvalue weighted by atomic mass is 16.2. The fourth-order valence-corrected chi connectivity index (χ4v) is 3.36. The van der Waals surface area contributed by atoms with Crippen molar-refractivity contribution < 1.29 is 14.4 Å². The van der Waals surface area contributed by atoms with E-state index in [-0.39, 0.29) is 24.1 Å². The molecule has 1 saturated heterocycles. The lowest BCUT2D eigenvalue weighted by molar-refractivity contribution is -0.122. The molecule has 1 fully saturated rings. The van der Waals surface area contributed by atoms with Crippen LogP contribution in [-0.4, -0.2) is 29.3 Å². The van der Waals surface area contributed by atoms with Crippen molar-refractivity contribution in [2.24, 2.45) is 5.92 Å². The number of hydrogen-bond acceptors (Lipinski definition) is 4. The lowest BCUT2D eigenvalue weighted by Crippen LogP contribution is -2.28. The Bertz CT molecular complexity index is 1070. The zero-order valence-corrected chi connectivity index (χ0v) is 16.1. The van der Waals surface area contributed by atoms with Crippen LogP contribution in [-0.2, 0) is 9.59 Å². The van der Waals surface area contributed by atoms with Gasteiger partial charge in [0.1, 0.15) is 0 Å². The number of benzene rings is 2. The normalized spacial score (nSPS) is 15.7. The summed E-state index contributed by atoms with van der Waals surface area (Å²) in [6.07, 6.45) is 3.24. The van der Waals surface area contributed by atoms with Gasteiger partial charge in [0.2, 0.25) is 11.8 Å². The summed E-state index contributed by atoms with van der Waals surface area (Å²) in [6.45, 7) is 0.339. The zero-order valence-electron chi connectivity index (χ0n) is 16.1. The van der Waals surface area contributed by atoms with Crippen molar-refractivity contribution in [3.63, 3.8) is 0 Å². The molecule has 2 aromatic carbocycles. The van der Waals surface area contributed by atoms with Gasteiger partial charge in [0, 0.05) is 42.4 Å².